The molecule has 0 aliphatic heterocycles. The molecule has 3 aromatic rings. The van der Waals surface area contributed by atoms with Crippen molar-refractivity contribution in [3.8, 4) is 0 Å². The number of carboxylic acids is 1. The number of aliphatic carboxylic acids is 1. The fourth-order valence-corrected chi connectivity index (χ4v) is 4.20. The largest absolute Gasteiger partial charge is 0.480 e. The fraction of sp³-hybridized carbons (Fsp3) is 0.381. The van der Waals surface area contributed by atoms with E-state index >= 15 is 0 Å². The van der Waals surface area contributed by atoms with Crippen molar-refractivity contribution in [1.82, 2.24) is 24.4 Å². The molecular weight excluding hydrogens is 402 g/mol. The summed E-state index contributed by atoms with van der Waals surface area (Å²) in [7, 11) is 0. The summed E-state index contributed by atoms with van der Waals surface area (Å²) in [5.41, 5.74) is -1.64. The molecule has 1 aromatic carbocycles. The van der Waals surface area contributed by atoms with Crippen LogP contribution in [0.1, 0.15) is 37.8 Å². The van der Waals surface area contributed by atoms with Gasteiger partial charge in [0.1, 0.15) is 12.1 Å². The molecule has 31 heavy (non-hydrogen) atoms. The average Bonchev–Trinajstić information content (AvgIpc) is 3.28. The van der Waals surface area contributed by atoms with Gasteiger partial charge >= 0.3 is 11.7 Å². The Labute approximate surface area is 176 Å². The van der Waals surface area contributed by atoms with Gasteiger partial charge in [-0.1, -0.05) is 31.4 Å². The summed E-state index contributed by atoms with van der Waals surface area (Å²) in [6.07, 6.45) is 6.08. The van der Waals surface area contributed by atoms with Crippen molar-refractivity contribution in [3.05, 3.63) is 63.3 Å². The van der Waals surface area contributed by atoms with Gasteiger partial charge in [0.15, 0.2) is 0 Å². The second-order valence-electron chi connectivity index (χ2n) is 7.83. The van der Waals surface area contributed by atoms with Crippen molar-refractivity contribution in [1.29, 1.82) is 0 Å². The van der Waals surface area contributed by atoms with E-state index in [0.717, 1.165) is 11.0 Å². The van der Waals surface area contributed by atoms with Gasteiger partial charge < -0.3 is 15.4 Å². The summed E-state index contributed by atoms with van der Waals surface area (Å²) < 4.78 is 2.23. The second kappa shape index (κ2) is 8.21. The van der Waals surface area contributed by atoms with Gasteiger partial charge in [0.05, 0.1) is 29.5 Å². The number of imidazole rings is 1. The van der Waals surface area contributed by atoms with Crippen LogP contribution < -0.4 is 16.6 Å². The van der Waals surface area contributed by atoms with Crippen LogP contribution in [0.15, 0.2) is 46.4 Å². The lowest BCUT2D eigenvalue weighted by Crippen LogP contribution is -2.56. The highest BCUT2D eigenvalue weighted by Gasteiger charge is 2.41. The van der Waals surface area contributed by atoms with Gasteiger partial charge in [-0.25, -0.2) is 14.6 Å². The van der Waals surface area contributed by atoms with Gasteiger partial charge in [-0.05, 0) is 25.0 Å². The van der Waals surface area contributed by atoms with Crippen molar-refractivity contribution in [2.24, 2.45) is 0 Å². The number of hydrogen-bond acceptors (Lipinski definition) is 5. The van der Waals surface area contributed by atoms with E-state index in [1.807, 2.05) is 0 Å². The summed E-state index contributed by atoms with van der Waals surface area (Å²) in [6.45, 7) is -0.443. The number of carboxylic acid groups (broad SMARTS) is 1. The molecule has 0 saturated heterocycles. The number of nitrogens with one attached hydrogen (secondary N) is 2. The number of fused-ring (bicyclic) bond motifs is 1. The first-order valence-corrected chi connectivity index (χ1v) is 10.2. The van der Waals surface area contributed by atoms with Crippen LogP contribution in [0.5, 0.6) is 0 Å². The molecule has 0 unspecified atom stereocenters. The highest BCUT2D eigenvalue weighted by molar-refractivity contribution is 5.88. The van der Waals surface area contributed by atoms with Gasteiger partial charge in [-0.2, -0.15) is 0 Å². The number of benzene rings is 1. The highest BCUT2D eigenvalue weighted by atomic mass is 16.4. The van der Waals surface area contributed by atoms with Crippen molar-refractivity contribution in [3.63, 3.8) is 0 Å². The zero-order chi connectivity index (χ0) is 22.0. The average molecular weight is 425 g/mol. The lowest BCUT2D eigenvalue weighted by Gasteiger charge is -2.34. The third-order valence-corrected chi connectivity index (χ3v) is 5.80. The van der Waals surface area contributed by atoms with E-state index in [2.05, 4.69) is 15.3 Å². The third-order valence-electron chi connectivity index (χ3n) is 5.80. The molecule has 10 heteroatoms. The molecule has 2 aromatic heterocycles. The molecule has 4 rings (SSSR count). The maximum absolute atomic E-state index is 13.2. The quantitative estimate of drug-likeness (QED) is 0.535. The van der Waals surface area contributed by atoms with Crippen molar-refractivity contribution < 1.29 is 14.7 Å². The normalized spacial score (nSPS) is 15.6. The van der Waals surface area contributed by atoms with E-state index in [1.165, 1.54) is 10.9 Å². The Morgan fingerprint density at radius 2 is 1.87 bits per heavy atom. The lowest BCUT2D eigenvalue weighted by atomic mass is 9.81. The Morgan fingerprint density at radius 1 is 1.13 bits per heavy atom. The smallest absolute Gasteiger partial charge is 0.332 e. The first kappa shape index (κ1) is 20.6. The number of aromatic amines is 1. The van der Waals surface area contributed by atoms with Crippen LogP contribution in [0.2, 0.25) is 0 Å². The van der Waals surface area contributed by atoms with E-state index in [1.54, 1.807) is 30.5 Å². The third kappa shape index (κ3) is 3.88. The molecule has 1 aliphatic rings. The number of amides is 1. The van der Waals surface area contributed by atoms with Gasteiger partial charge in [0, 0.05) is 6.20 Å². The Kier molecular flexibility index (Phi) is 5.45. The van der Waals surface area contributed by atoms with Crippen LogP contribution in [0.4, 0.5) is 0 Å². The van der Waals surface area contributed by atoms with Gasteiger partial charge in [-0.3, -0.25) is 18.7 Å². The molecule has 0 bridgehead atoms. The Balaban J connectivity index is 1.73. The predicted octanol–water partition coefficient (Wildman–Crippen LogP) is 0.838. The fourth-order valence-electron chi connectivity index (χ4n) is 4.20. The zero-order valence-corrected chi connectivity index (χ0v) is 16.8. The SMILES string of the molecule is O=C(Cn1c(=O)n(Cc2c[nH]cn2)c(=O)c2ccccc21)NC1(C(=O)O)CCCCC1. The number of carbonyl (C=O) groups is 2. The number of nitrogens with zero attached hydrogens (tertiary/aromatic N) is 3. The van der Waals surface area contributed by atoms with Crippen LogP contribution in [0.25, 0.3) is 10.9 Å². The van der Waals surface area contributed by atoms with Gasteiger partial charge in [0.25, 0.3) is 5.56 Å². The van der Waals surface area contributed by atoms with E-state index in [9.17, 15) is 24.3 Å². The summed E-state index contributed by atoms with van der Waals surface area (Å²) in [5.74, 6) is -1.65. The second-order valence-corrected chi connectivity index (χ2v) is 7.83. The summed E-state index contributed by atoms with van der Waals surface area (Å²) in [5, 5.41) is 12.7. The summed E-state index contributed by atoms with van der Waals surface area (Å²) in [6, 6.07) is 6.54. The van der Waals surface area contributed by atoms with Crippen molar-refractivity contribution in [2.45, 2.75) is 50.7 Å². The minimum atomic E-state index is -1.32. The molecule has 1 fully saturated rings. The monoisotopic (exact) mass is 425 g/mol. The van der Waals surface area contributed by atoms with Crippen LogP contribution in [-0.2, 0) is 22.7 Å². The van der Waals surface area contributed by atoms with Gasteiger partial charge in [-0.15, -0.1) is 0 Å². The van der Waals surface area contributed by atoms with E-state index in [0.29, 0.717) is 36.9 Å². The Hall–Kier alpha value is -3.69. The van der Waals surface area contributed by atoms with Crippen LogP contribution in [0.3, 0.4) is 0 Å². The topological polar surface area (TPSA) is 139 Å². The number of hydrogen-bond donors (Lipinski definition) is 3. The number of para-hydroxylation sites is 1. The molecule has 10 nitrogen and oxygen atoms in total. The molecule has 1 saturated carbocycles. The number of H-pyrrole nitrogens is 1. The molecule has 0 radical (unpaired) electrons. The maximum Gasteiger partial charge on any atom is 0.332 e. The van der Waals surface area contributed by atoms with Crippen LogP contribution in [0, 0.1) is 0 Å². The van der Waals surface area contributed by atoms with E-state index in [-0.39, 0.29) is 11.9 Å². The molecule has 2 heterocycles. The number of rotatable bonds is 6. The molecule has 1 aliphatic carbocycles. The highest BCUT2D eigenvalue weighted by Crippen LogP contribution is 2.28. The first-order chi connectivity index (χ1) is 14.9. The molecule has 3 N–H and O–H groups in total. The van der Waals surface area contributed by atoms with E-state index in [4.69, 9.17) is 0 Å². The minimum absolute atomic E-state index is 0.0489. The molecule has 0 atom stereocenters. The molecule has 0 spiro atoms. The lowest BCUT2D eigenvalue weighted by molar-refractivity contribution is -0.149. The zero-order valence-electron chi connectivity index (χ0n) is 16.8. The number of aromatic nitrogens is 4. The molecular formula is C21H23N5O5. The van der Waals surface area contributed by atoms with Crippen molar-refractivity contribution >= 4 is 22.8 Å². The summed E-state index contributed by atoms with van der Waals surface area (Å²) in [4.78, 5) is 57.6. The van der Waals surface area contributed by atoms with Crippen molar-refractivity contribution in [2.75, 3.05) is 0 Å². The number of carbonyl (C=O) groups excluding carboxylic acids is 1. The predicted molar refractivity (Wildman–Crippen MR) is 112 cm³/mol. The standard InChI is InChI=1S/C21H23N5O5/c27-17(24-21(19(29)30)8-4-1-5-9-21)12-25-16-7-3-2-6-15(16)18(28)26(20(25)31)11-14-10-22-13-23-14/h2-3,6-7,10,13H,1,4-5,8-9,11-12H2,(H,22,23)(H,24,27)(H,29,30). The van der Waals surface area contributed by atoms with Crippen LogP contribution in [-0.4, -0.2) is 41.6 Å². The van der Waals surface area contributed by atoms with Crippen LogP contribution >= 0.6 is 0 Å². The van der Waals surface area contributed by atoms with Gasteiger partial charge in [0.2, 0.25) is 5.91 Å². The molecule has 162 valence electrons. The van der Waals surface area contributed by atoms with E-state index < -0.39 is 35.2 Å². The minimum Gasteiger partial charge on any atom is -0.480 e. The summed E-state index contributed by atoms with van der Waals surface area (Å²) >= 11 is 0. The Morgan fingerprint density at radius 3 is 2.55 bits per heavy atom. The maximum atomic E-state index is 13.2. The first-order valence-electron chi connectivity index (χ1n) is 10.2. The molecule has 1 amide bonds. The Bertz CT molecular complexity index is 1240.